The number of rotatable bonds is 1. The van der Waals surface area contributed by atoms with Crippen LogP contribution in [0.2, 0.25) is 0 Å². The molecule has 0 saturated carbocycles. The lowest BCUT2D eigenvalue weighted by atomic mass is 10.1. The van der Waals surface area contributed by atoms with Crippen LogP contribution in [0.25, 0.3) is 0 Å². The first kappa shape index (κ1) is 7.25. The third kappa shape index (κ3) is 1.30. The van der Waals surface area contributed by atoms with Gasteiger partial charge in [0, 0.05) is 17.0 Å². The van der Waals surface area contributed by atoms with Gasteiger partial charge in [-0.05, 0) is 24.8 Å². The van der Waals surface area contributed by atoms with Crippen molar-refractivity contribution in [3.8, 4) is 0 Å². The summed E-state index contributed by atoms with van der Waals surface area (Å²) in [4.78, 5) is 0. The van der Waals surface area contributed by atoms with Crippen molar-refractivity contribution in [3.63, 3.8) is 0 Å². The molecule has 0 aliphatic carbocycles. The quantitative estimate of drug-likeness (QED) is 0.683. The van der Waals surface area contributed by atoms with Crippen molar-refractivity contribution >= 4 is 11.3 Å². The molecule has 1 aromatic heterocycles. The molecule has 1 aromatic rings. The van der Waals surface area contributed by atoms with Crippen LogP contribution in [0.3, 0.4) is 0 Å². The lowest BCUT2D eigenvalue weighted by Crippen LogP contribution is -2.12. The summed E-state index contributed by atoms with van der Waals surface area (Å²) < 4.78 is 13.0. The van der Waals surface area contributed by atoms with Gasteiger partial charge >= 0.3 is 0 Å². The van der Waals surface area contributed by atoms with E-state index in [9.17, 15) is 4.39 Å². The summed E-state index contributed by atoms with van der Waals surface area (Å²) in [6.07, 6.45) is 2.24. The normalized spacial score (nSPS) is 24.3. The molecule has 2 rings (SSSR count). The van der Waals surface area contributed by atoms with E-state index in [4.69, 9.17) is 0 Å². The van der Waals surface area contributed by atoms with E-state index in [0.29, 0.717) is 0 Å². The van der Waals surface area contributed by atoms with Gasteiger partial charge in [0.2, 0.25) is 0 Å². The molecule has 0 spiro atoms. The van der Waals surface area contributed by atoms with Crippen LogP contribution in [0, 0.1) is 5.82 Å². The molecule has 1 fully saturated rings. The maximum atomic E-state index is 13.0. The summed E-state index contributed by atoms with van der Waals surface area (Å²) in [6, 6.07) is 0.279. The van der Waals surface area contributed by atoms with E-state index in [1.807, 2.05) is 5.38 Å². The minimum absolute atomic E-state index is 0.0469. The van der Waals surface area contributed by atoms with Gasteiger partial charge in [0.1, 0.15) is 5.82 Å². The Kier molecular flexibility index (Phi) is 1.92. The van der Waals surface area contributed by atoms with Crippen molar-refractivity contribution in [3.05, 3.63) is 22.1 Å². The second kappa shape index (κ2) is 2.91. The van der Waals surface area contributed by atoms with Crippen LogP contribution >= 0.6 is 11.3 Å². The monoisotopic (exact) mass is 171 g/mol. The van der Waals surface area contributed by atoms with Gasteiger partial charge in [-0.15, -0.1) is 11.3 Å². The third-order valence-corrected chi connectivity index (χ3v) is 2.81. The Balaban J connectivity index is 2.21. The van der Waals surface area contributed by atoms with Crippen LogP contribution in [0.5, 0.6) is 0 Å². The van der Waals surface area contributed by atoms with Gasteiger partial charge in [-0.3, -0.25) is 0 Å². The highest BCUT2D eigenvalue weighted by Gasteiger charge is 2.19. The van der Waals surface area contributed by atoms with Crippen LogP contribution in [0.15, 0.2) is 10.8 Å². The summed E-state index contributed by atoms with van der Waals surface area (Å²) >= 11 is 1.44. The Morgan fingerprint density at radius 1 is 1.55 bits per heavy atom. The molecule has 3 heteroatoms. The van der Waals surface area contributed by atoms with Crippen molar-refractivity contribution in [1.82, 2.24) is 5.32 Å². The molecule has 60 valence electrons. The van der Waals surface area contributed by atoms with E-state index >= 15 is 0 Å². The van der Waals surface area contributed by atoms with Crippen molar-refractivity contribution in [1.29, 1.82) is 0 Å². The fourth-order valence-electron chi connectivity index (χ4n) is 1.49. The predicted molar refractivity (Wildman–Crippen MR) is 44.3 cm³/mol. The summed E-state index contributed by atoms with van der Waals surface area (Å²) in [7, 11) is 0. The number of nitrogens with one attached hydrogen (secondary N) is 1. The molecule has 1 aliphatic heterocycles. The molecule has 0 amide bonds. The summed E-state index contributed by atoms with van der Waals surface area (Å²) in [6.45, 7) is 1.03. The molecule has 0 bridgehead atoms. The van der Waals surface area contributed by atoms with E-state index in [-0.39, 0.29) is 11.9 Å². The van der Waals surface area contributed by atoms with Gasteiger partial charge in [0.15, 0.2) is 0 Å². The van der Waals surface area contributed by atoms with Gasteiger partial charge in [-0.1, -0.05) is 0 Å². The Hall–Kier alpha value is -0.410. The summed E-state index contributed by atoms with van der Waals surface area (Å²) in [5.41, 5.74) is 0.854. The number of halogens is 1. The molecule has 11 heavy (non-hydrogen) atoms. The molecular formula is C8H10FNS. The first-order valence-electron chi connectivity index (χ1n) is 3.83. The lowest BCUT2D eigenvalue weighted by molar-refractivity contribution is 0.565. The van der Waals surface area contributed by atoms with Gasteiger partial charge in [-0.25, -0.2) is 4.39 Å². The van der Waals surface area contributed by atoms with E-state index in [0.717, 1.165) is 18.5 Å². The molecule has 1 nitrogen and oxygen atoms in total. The van der Waals surface area contributed by atoms with Crippen molar-refractivity contribution < 1.29 is 4.39 Å². The van der Waals surface area contributed by atoms with Gasteiger partial charge in [0.05, 0.1) is 0 Å². The number of hydrogen-bond donors (Lipinski definition) is 1. The summed E-state index contributed by atoms with van der Waals surface area (Å²) in [5.74, 6) is -0.0469. The average Bonchev–Trinajstić information content (AvgIpc) is 2.55. The van der Waals surface area contributed by atoms with E-state index < -0.39 is 0 Å². The molecule has 1 aliphatic rings. The first-order valence-corrected chi connectivity index (χ1v) is 4.77. The molecule has 1 unspecified atom stereocenters. The van der Waals surface area contributed by atoms with E-state index in [1.54, 1.807) is 5.38 Å². The van der Waals surface area contributed by atoms with Crippen LogP contribution in [0.1, 0.15) is 24.4 Å². The van der Waals surface area contributed by atoms with Crippen LogP contribution in [-0.4, -0.2) is 6.54 Å². The topological polar surface area (TPSA) is 12.0 Å². The Labute approximate surface area is 69.2 Å². The predicted octanol–water partition coefficient (Wildman–Crippen LogP) is 2.31. The highest BCUT2D eigenvalue weighted by atomic mass is 32.1. The second-order valence-corrected chi connectivity index (χ2v) is 3.57. The van der Waals surface area contributed by atoms with E-state index in [2.05, 4.69) is 5.32 Å². The standard InChI is InChI=1S/C8H10FNS/c9-7-5-11-4-6(7)8-2-1-3-10-8/h4-5,8,10H,1-3H2. The molecule has 0 radical (unpaired) electrons. The maximum absolute atomic E-state index is 13.0. The Morgan fingerprint density at radius 3 is 3.00 bits per heavy atom. The fourth-order valence-corrected chi connectivity index (χ4v) is 2.24. The highest BCUT2D eigenvalue weighted by molar-refractivity contribution is 7.08. The van der Waals surface area contributed by atoms with Gasteiger partial charge in [0.25, 0.3) is 0 Å². The number of hydrogen-bond acceptors (Lipinski definition) is 2. The fraction of sp³-hybridized carbons (Fsp3) is 0.500. The largest absolute Gasteiger partial charge is 0.310 e. The molecule has 0 aromatic carbocycles. The zero-order valence-electron chi connectivity index (χ0n) is 6.14. The van der Waals surface area contributed by atoms with Crippen LogP contribution in [-0.2, 0) is 0 Å². The van der Waals surface area contributed by atoms with Crippen molar-refractivity contribution in [2.24, 2.45) is 0 Å². The zero-order chi connectivity index (χ0) is 7.68. The van der Waals surface area contributed by atoms with Crippen LogP contribution < -0.4 is 5.32 Å². The molecular weight excluding hydrogens is 161 g/mol. The van der Waals surface area contributed by atoms with Crippen molar-refractivity contribution in [2.75, 3.05) is 6.54 Å². The average molecular weight is 171 g/mol. The molecule has 2 heterocycles. The zero-order valence-corrected chi connectivity index (χ0v) is 6.96. The van der Waals surface area contributed by atoms with Crippen molar-refractivity contribution in [2.45, 2.75) is 18.9 Å². The summed E-state index contributed by atoms with van der Waals surface area (Å²) in [5, 5.41) is 6.73. The first-order chi connectivity index (χ1) is 5.38. The molecule has 1 atom stereocenters. The number of thiophene rings is 1. The minimum Gasteiger partial charge on any atom is -0.310 e. The van der Waals surface area contributed by atoms with Crippen LogP contribution in [0.4, 0.5) is 4.39 Å². The maximum Gasteiger partial charge on any atom is 0.138 e. The Bertz CT molecular complexity index is 240. The van der Waals surface area contributed by atoms with E-state index in [1.165, 1.54) is 17.8 Å². The smallest absolute Gasteiger partial charge is 0.138 e. The molecule has 1 saturated heterocycles. The lowest BCUT2D eigenvalue weighted by Gasteiger charge is -2.06. The minimum atomic E-state index is -0.0469. The van der Waals surface area contributed by atoms with Gasteiger partial charge < -0.3 is 5.32 Å². The third-order valence-electron chi connectivity index (χ3n) is 2.08. The van der Waals surface area contributed by atoms with Gasteiger partial charge in [-0.2, -0.15) is 0 Å². The second-order valence-electron chi connectivity index (χ2n) is 2.82. The Morgan fingerprint density at radius 2 is 2.45 bits per heavy atom. The SMILES string of the molecule is Fc1cscc1C1CCCN1. The molecule has 1 N–H and O–H groups in total. The highest BCUT2D eigenvalue weighted by Crippen LogP contribution is 2.27.